The van der Waals surface area contributed by atoms with E-state index < -0.39 is 10.0 Å². The Morgan fingerprint density at radius 3 is 2.78 bits per heavy atom. The second-order valence-electron chi connectivity index (χ2n) is 3.51. The Bertz CT molecular complexity index is 456. The molecule has 0 aliphatic carbocycles. The highest BCUT2D eigenvalue weighted by molar-refractivity contribution is 7.91. The van der Waals surface area contributed by atoms with Gasteiger partial charge in [-0.15, -0.1) is 11.3 Å². The molecule has 0 unspecified atom stereocenters. The minimum absolute atomic E-state index is 0.0191. The Balaban J connectivity index is 2.27. The van der Waals surface area contributed by atoms with Crippen LogP contribution < -0.4 is 10.0 Å². The molecule has 0 fully saturated rings. The Labute approximate surface area is 110 Å². The average molecular weight is 292 g/mol. The average Bonchev–Trinajstić information content (AvgIpc) is 2.83. The highest BCUT2D eigenvalue weighted by Gasteiger charge is 2.14. The summed E-state index contributed by atoms with van der Waals surface area (Å²) >= 11 is 1.13. The van der Waals surface area contributed by atoms with E-state index >= 15 is 0 Å². The largest absolute Gasteiger partial charge is 0.396 e. The summed E-state index contributed by atoms with van der Waals surface area (Å²) in [5, 5.41) is 12.8. The van der Waals surface area contributed by atoms with Crippen molar-refractivity contribution in [3.63, 3.8) is 0 Å². The quantitative estimate of drug-likeness (QED) is 0.584. The molecule has 1 aromatic heterocycles. The van der Waals surface area contributed by atoms with E-state index in [-0.39, 0.29) is 29.7 Å². The van der Waals surface area contributed by atoms with Gasteiger partial charge < -0.3 is 10.4 Å². The molecule has 8 heteroatoms. The minimum atomic E-state index is -3.49. The number of aliphatic hydroxyl groups excluding tert-OH is 1. The van der Waals surface area contributed by atoms with Crippen LogP contribution >= 0.6 is 11.3 Å². The molecule has 0 aliphatic heterocycles. The molecule has 0 saturated heterocycles. The Morgan fingerprint density at radius 1 is 1.39 bits per heavy atom. The van der Waals surface area contributed by atoms with Gasteiger partial charge in [0.05, 0.1) is 0 Å². The Morgan fingerprint density at radius 2 is 2.17 bits per heavy atom. The first-order valence-corrected chi connectivity index (χ1v) is 7.83. The lowest BCUT2D eigenvalue weighted by atomic mass is 10.4. The number of carbonyl (C=O) groups is 1. The van der Waals surface area contributed by atoms with Gasteiger partial charge in [0, 0.05) is 26.1 Å². The van der Waals surface area contributed by atoms with E-state index in [0.29, 0.717) is 13.0 Å². The molecule has 1 aromatic rings. The lowest BCUT2D eigenvalue weighted by Gasteiger charge is -2.05. The summed E-state index contributed by atoms with van der Waals surface area (Å²) in [6, 6.07) is 3.16. The van der Waals surface area contributed by atoms with Crippen molar-refractivity contribution in [2.24, 2.45) is 0 Å². The van der Waals surface area contributed by atoms with Gasteiger partial charge in [0.1, 0.15) is 4.21 Å². The number of hydrogen-bond donors (Lipinski definition) is 3. The number of hydrogen-bond acceptors (Lipinski definition) is 5. The van der Waals surface area contributed by atoms with E-state index in [4.69, 9.17) is 5.11 Å². The van der Waals surface area contributed by atoms with Crippen molar-refractivity contribution >= 4 is 27.3 Å². The zero-order valence-corrected chi connectivity index (χ0v) is 11.4. The van der Waals surface area contributed by atoms with Gasteiger partial charge in [-0.3, -0.25) is 4.79 Å². The van der Waals surface area contributed by atoms with Crippen molar-refractivity contribution in [2.45, 2.75) is 17.1 Å². The summed E-state index contributed by atoms with van der Waals surface area (Å²) in [6.07, 6.45) is 0.572. The van der Waals surface area contributed by atoms with Crippen LogP contribution in [0.3, 0.4) is 0 Å². The number of nitrogens with one attached hydrogen (secondary N) is 2. The van der Waals surface area contributed by atoms with Crippen LogP contribution in [0.5, 0.6) is 0 Å². The molecule has 102 valence electrons. The number of rotatable bonds is 8. The van der Waals surface area contributed by atoms with Crippen molar-refractivity contribution in [3.8, 4) is 0 Å². The molecule has 1 rings (SSSR count). The van der Waals surface area contributed by atoms with Crippen LogP contribution in [0.2, 0.25) is 0 Å². The maximum Gasteiger partial charge on any atom is 0.250 e. The first-order valence-electron chi connectivity index (χ1n) is 5.47. The van der Waals surface area contributed by atoms with Crippen molar-refractivity contribution in [2.75, 3.05) is 19.7 Å². The predicted octanol–water partition coefficient (Wildman–Crippen LogP) is -0.0849. The summed E-state index contributed by atoms with van der Waals surface area (Å²) in [5.41, 5.74) is 0. The number of carbonyl (C=O) groups excluding carboxylic acids is 1. The molecule has 0 radical (unpaired) electrons. The maximum atomic E-state index is 11.7. The first kappa shape index (κ1) is 15.1. The molecule has 0 saturated carbocycles. The van der Waals surface area contributed by atoms with Crippen molar-refractivity contribution in [3.05, 3.63) is 17.5 Å². The van der Waals surface area contributed by atoms with E-state index in [2.05, 4.69) is 10.0 Å². The highest BCUT2D eigenvalue weighted by atomic mass is 32.2. The van der Waals surface area contributed by atoms with Crippen LogP contribution in [0, 0.1) is 0 Å². The van der Waals surface area contributed by atoms with Crippen molar-refractivity contribution < 1.29 is 18.3 Å². The van der Waals surface area contributed by atoms with E-state index in [9.17, 15) is 13.2 Å². The molecular weight excluding hydrogens is 276 g/mol. The second-order valence-corrected chi connectivity index (χ2v) is 6.45. The predicted molar refractivity (Wildman–Crippen MR) is 68.8 cm³/mol. The molecule has 18 heavy (non-hydrogen) atoms. The normalized spacial score (nSPS) is 11.4. The third-order valence-corrected chi connectivity index (χ3v) is 4.92. The number of aliphatic hydroxyl groups is 1. The van der Waals surface area contributed by atoms with Crippen LogP contribution in [0.4, 0.5) is 0 Å². The molecule has 3 N–H and O–H groups in total. The summed E-state index contributed by atoms with van der Waals surface area (Å²) in [4.78, 5) is 11.3. The fourth-order valence-corrected chi connectivity index (χ4v) is 3.25. The van der Waals surface area contributed by atoms with Crippen LogP contribution in [0.25, 0.3) is 0 Å². The highest BCUT2D eigenvalue weighted by Crippen LogP contribution is 2.14. The van der Waals surface area contributed by atoms with Crippen molar-refractivity contribution in [1.29, 1.82) is 0 Å². The van der Waals surface area contributed by atoms with Gasteiger partial charge in [0.15, 0.2) is 0 Å². The van der Waals surface area contributed by atoms with Crippen LogP contribution in [-0.2, 0) is 14.8 Å². The van der Waals surface area contributed by atoms with Gasteiger partial charge in [0.2, 0.25) is 15.9 Å². The van der Waals surface area contributed by atoms with Gasteiger partial charge in [-0.2, -0.15) is 0 Å². The van der Waals surface area contributed by atoms with E-state index in [0.717, 1.165) is 11.3 Å². The molecule has 1 heterocycles. The number of amides is 1. The van der Waals surface area contributed by atoms with Gasteiger partial charge in [0.25, 0.3) is 0 Å². The number of sulfonamides is 1. The Hall–Kier alpha value is -0.960. The molecule has 1 amide bonds. The Kier molecular flexibility index (Phi) is 6.27. The number of thiophene rings is 1. The maximum absolute atomic E-state index is 11.7. The van der Waals surface area contributed by atoms with Crippen LogP contribution in [0.1, 0.15) is 12.8 Å². The fourth-order valence-electron chi connectivity index (χ4n) is 1.18. The fraction of sp³-hybridized carbons (Fsp3) is 0.500. The lowest BCUT2D eigenvalue weighted by molar-refractivity contribution is -0.120. The molecular formula is C10H16N2O4S2. The van der Waals surface area contributed by atoms with Crippen molar-refractivity contribution in [1.82, 2.24) is 10.0 Å². The summed E-state index contributed by atoms with van der Waals surface area (Å²) in [6.45, 7) is 0.476. The van der Waals surface area contributed by atoms with Crippen LogP contribution in [0.15, 0.2) is 21.7 Å². The SMILES string of the molecule is O=C(CCNS(=O)(=O)c1cccs1)NCCCO. The lowest BCUT2D eigenvalue weighted by Crippen LogP contribution is -2.31. The van der Waals surface area contributed by atoms with E-state index in [1.165, 1.54) is 6.07 Å². The van der Waals surface area contributed by atoms with E-state index in [1.54, 1.807) is 11.4 Å². The molecule has 0 aromatic carbocycles. The summed E-state index contributed by atoms with van der Waals surface area (Å²) in [7, 11) is -3.49. The summed E-state index contributed by atoms with van der Waals surface area (Å²) in [5.74, 6) is -0.239. The molecule has 0 bridgehead atoms. The summed E-state index contributed by atoms with van der Waals surface area (Å²) < 4.78 is 25.9. The second kappa shape index (κ2) is 7.47. The zero-order valence-electron chi connectivity index (χ0n) is 9.76. The first-order chi connectivity index (χ1) is 8.56. The smallest absolute Gasteiger partial charge is 0.250 e. The molecule has 0 aliphatic rings. The third kappa shape index (κ3) is 5.13. The van der Waals surface area contributed by atoms with Gasteiger partial charge in [-0.25, -0.2) is 13.1 Å². The topological polar surface area (TPSA) is 95.5 Å². The van der Waals surface area contributed by atoms with Gasteiger partial charge >= 0.3 is 0 Å². The molecule has 6 nitrogen and oxygen atoms in total. The third-order valence-electron chi connectivity index (χ3n) is 2.06. The monoisotopic (exact) mass is 292 g/mol. The van der Waals surface area contributed by atoms with Crippen LogP contribution in [-0.4, -0.2) is 39.1 Å². The van der Waals surface area contributed by atoms with E-state index in [1.807, 2.05) is 0 Å². The minimum Gasteiger partial charge on any atom is -0.396 e. The molecule has 0 spiro atoms. The zero-order chi connectivity index (χ0) is 13.4. The van der Waals surface area contributed by atoms with Gasteiger partial charge in [-0.1, -0.05) is 6.07 Å². The molecule has 0 atom stereocenters. The standard InChI is InChI=1S/C10H16N2O4S2/c13-7-2-5-11-9(14)4-6-12-18(15,16)10-3-1-8-17-10/h1,3,8,12-13H,2,4-7H2,(H,11,14). The van der Waals surface area contributed by atoms with Gasteiger partial charge in [-0.05, 0) is 17.9 Å².